The fourth-order valence-corrected chi connectivity index (χ4v) is 0.835. The summed E-state index contributed by atoms with van der Waals surface area (Å²) >= 11 is 0. The minimum Gasteiger partial charge on any atom is -0.364 e. The molecule has 0 aliphatic carbocycles. The first-order valence-electron chi connectivity index (χ1n) is 4.06. The molecule has 1 aromatic heterocycles. The van der Waals surface area contributed by atoms with E-state index in [0.29, 0.717) is 12.4 Å². The predicted octanol–water partition coefficient (Wildman–Crippen LogP) is -0.0809. The van der Waals surface area contributed by atoms with Crippen LogP contribution in [0.25, 0.3) is 0 Å². The van der Waals surface area contributed by atoms with Gasteiger partial charge >= 0.3 is 0 Å². The van der Waals surface area contributed by atoms with Crippen LogP contribution >= 0.6 is 0 Å². The maximum Gasteiger partial charge on any atom is 0.252 e. The topological polar surface area (TPSA) is 83.8 Å². The number of aromatic amines is 1. The summed E-state index contributed by atoms with van der Waals surface area (Å²) in [5.74, 6) is 0.541. The van der Waals surface area contributed by atoms with Crippen molar-refractivity contribution in [2.45, 2.75) is 19.4 Å². The number of nitrogens with two attached hydrogens (primary N) is 1. The van der Waals surface area contributed by atoms with Crippen LogP contribution in [0.4, 0.5) is 5.82 Å². The summed E-state index contributed by atoms with van der Waals surface area (Å²) in [5.41, 5.74) is 5.09. The number of H-pyrrole nitrogens is 1. The van der Waals surface area contributed by atoms with E-state index in [-0.39, 0.29) is 11.1 Å². The fourth-order valence-electron chi connectivity index (χ4n) is 0.835. The second-order valence-corrected chi connectivity index (χ2v) is 3.51. The summed E-state index contributed by atoms with van der Waals surface area (Å²) in [5, 5.41) is 3.05. The molecule has 1 rings (SSSR count). The minimum absolute atomic E-state index is 0.176. The van der Waals surface area contributed by atoms with Crippen molar-refractivity contribution in [3.8, 4) is 0 Å². The molecule has 0 aliphatic heterocycles. The van der Waals surface area contributed by atoms with E-state index >= 15 is 0 Å². The van der Waals surface area contributed by atoms with Crippen molar-refractivity contribution in [1.82, 2.24) is 9.97 Å². The Morgan fingerprint density at radius 1 is 1.69 bits per heavy atom. The molecule has 0 atom stereocenters. The highest BCUT2D eigenvalue weighted by molar-refractivity contribution is 5.35. The maximum atomic E-state index is 10.9. The van der Waals surface area contributed by atoms with Crippen LogP contribution < -0.4 is 16.6 Å². The van der Waals surface area contributed by atoms with E-state index < -0.39 is 0 Å². The van der Waals surface area contributed by atoms with Crippen LogP contribution in [0.1, 0.15) is 13.8 Å². The van der Waals surface area contributed by atoms with Gasteiger partial charge in [0.15, 0.2) is 0 Å². The second-order valence-electron chi connectivity index (χ2n) is 3.51. The zero-order chi connectivity index (χ0) is 9.90. The zero-order valence-electron chi connectivity index (χ0n) is 7.79. The summed E-state index contributed by atoms with van der Waals surface area (Å²) < 4.78 is 0. The molecule has 0 bridgehead atoms. The first-order chi connectivity index (χ1) is 6.03. The number of anilines is 1. The number of hydrogen-bond acceptors (Lipinski definition) is 4. The average molecular weight is 182 g/mol. The van der Waals surface area contributed by atoms with Crippen molar-refractivity contribution in [3.05, 3.63) is 22.7 Å². The van der Waals surface area contributed by atoms with Crippen molar-refractivity contribution < 1.29 is 0 Å². The van der Waals surface area contributed by atoms with Gasteiger partial charge in [-0.15, -0.1) is 0 Å². The lowest BCUT2D eigenvalue weighted by atomic mass is 10.1. The van der Waals surface area contributed by atoms with Gasteiger partial charge in [0.25, 0.3) is 5.56 Å². The Morgan fingerprint density at radius 3 is 2.92 bits per heavy atom. The molecule has 0 aromatic carbocycles. The molecule has 0 aliphatic rings. The van der Waals surface area contributed by atoms with Gasteiger partial charge in [-0.05, 0) is 13.8 Å². The third-order valence-electron chi connectivity index (χ3n) is 1.66. The first-order valence-corrected chi connectivity index (χ1v) is 4.06. The number of nitrogens with one attached hydrogen (secondary N) is 2. The molecule has 0 radical (unpaired) electrons. The summed E-state index contributed by atoms with van der Waals surface area (Å²) in [7, 11) is 0. The molecule has 13 heavy (non-hydrogen) atoms. The predicted molar refractivity (Wildman–Crippen MR) is 51.6 cm³/mol. The van der Waals surface area contributed by atoms with Crippen molar-refractivity contribution >= 4 is 5.82 Å². The summed E-state index contributed by atoms with van der Waals surface area (Å²) in [6.45, 7) is 4.35. The average Bonchev–Trinajstić information content (AvgIpc) is 2.03. The van der Waals surface area contributed by atoms with Crippen LogP contribution in [0.3, 0.4) is 0 Å². The molecule has 0 unspecified atom stereocenters. The third kappa shape index (κ3) is 2.87. The molecule has 0 spiro atoms. The normalized spacial score (nSPS) is 11.3. The first kappa shape index (κ1) is 9.73. The molecule has 0 amide bonds. The van der Waals surface area contributed by atoms with E-state index in [1.807, 2.05) is 13.8 Å². The van der Waals surface area contributed by atoms with Crippen molar-refractivity contribution in [1.29, 1.82) is 0 Å². The fraction of sp³-hybridized carbons (Fsp3) is 0.500. The van der Waals surface area contributed by atoms with Gasteiger partial charge in [-0.3, -0.25) is 4.79 Å². The highest BCUT2D eigenvalue weighted by Crippen LogP contribution is 2.07. The van der Waals surface area contributed by atoms with E-state index in [2.05, 4.69) is 15.3 Å². The molecule has 72 valence electrons. The molecule has 0 saturated carbocycles. The lowest BCUT2D eigenvalue weighted by molar-refractivity contribution is 0.577. The van der Waals surface area contributed by atoms with Gasteiger partial charge in [0, 0.05) is 18.2 Å². The monoisotopic (exact) mass is 182 g/mol. The number of aromatic nitrogens is 2. The smallest absolute Gasteiger partial charge is 0.252 e. The third-order valence-corrected chi connectivity index (χ3v) is 1.66. The van der Waals surface area contributed by atoms with E-state index in [0.717, 1.165) is 0 Å². The molecule has 1 heterocycles. The van der Waals surface area contributed by atoms with Gasteiger partial charge in [0.1, 0.15) is 5.82 Å². The largest absolute Gasteiger partial charge is 0.364 e. The SMILES string of the molecule is CC(C)(CN)Nc1cc(=O)[nH]cn1. The molecular weight excluding hydrogens is 168 g/mol. The van der Waals surface area contributed by atoms with E-state index in [9.17, 15) is 4.79 Å². The summed E-state index contributed by atoms with van der Waals surface area (Å²) in [4.78, 5) is 17.3. The van der Waals surface area contributed by atoms with Crippen molar-refractivity contribution in [2.24, 2.45) is 5.73 Å². The standard InChI is InChI=1S/C8H14N4O/c1-8(2,4-9)12-6-3-7(13)11-5-10-6/h3,5H,4,9H2,1-2H3,(H2,10,11,12,13). The lowest BCUT2D eigenvalue weighted by Gasteiger charge is -2.24. The molecule has 1 aromatic rings. The van der Waals surface area contributed by atoms with E-state index in [1.54, 1.807) is 0 Å². The van der Waals surface area contributed by atoms with Crippen LogP contribution in [0, 0.1) is 0 Å². The van der Waals surface area contributed by atoms with Crippen LogP contribution in [-0.2, 0) is 0 Å². The van der Waals surface area contributed by atoms with Crippen LogP contribution in [0.5, 0.6) is 0 Å². The van der Waals surface area contributed by atoms with Crippen LogP contribution in [0.15, 0.2) is 17.2 Å². The Morgan fingerprint density at radius 2 is 2.38 bits per heavy atom. The maximum absolute atomic E-state index is 10.9. The highest BCUT2D eigenvalue weighted by Gasteiger charge is 2.14. The Labute approximate surface area is 76.4 Å². The Hall–Kier alpha value is -1.36. The molecular formula is C8H14N4O. The molecule has 4 N–H and O–H groups in total. The number of rotatable bonds is 3. The van der Waals surface area contributed by atoms with Gasteiger partial charge in [-0.2, -0.15) is 0 Å². The molecule has 5 nitrogen and oxygen atoms in total. The van der Waals surface area contributed by atoms with Crippen molar-refractivity contribution in [2.75, 3.05) is 11.9 Å². The van der Waals surface area contributed by atoms with Gasteiger partial charge in [-0.25, -0.2) is 4.98 Å². The van der Waals surface area contributed by atoms with E-state index in [1.165, 1.54) is 12.4 Å². The van der Waals surface area contributed by atoms with Crippen LogP contribution in [-0.4, -0.2) is 22.1 Å². The molecule has 5 heteroatoms. The zero-order valence-corrected chi connectivity index (χ0v) is 7.79. The van der Waals surface area contributed by atoms with Gasteiger partial charge < -0.3 is 16.0 Å². The molecule has 0 fully saturated rings. The quantitative estimate of drug-likeness (QED) is 0.610. The van der Waals surface area contributed by atoms with E-state index in [4.69, 9.17) is 5.73 Å². The Balaban J connectivity index is 2.80. The summed E-state index contributed by atoms with van der Waals surface area (Å²) in [6.07, 6.45) is 1.36. The Kier molecular flexibility index (Phi) is 2.67. The minimum atomic E-state index is -0.249. The lowest BCUT2D eigenvalue weighted by Crippen LogP contribution is -2.39. The van der Waals surface area contributed by atoms with Crippen molar-refractivity contribution in [3.63, 3.8) is 0 Å². The Bertz CT molecular complexity index is 331. The second kappa shape index (κ2) is 3.57. The van der Waals surface area contributed by atoms with Gasteiger partial charge in [-0.1, -0.05) is 0 Å². The summed E-state index contributed by atoms with van der Waals surface area (Å²) in [6, 6.07) is 1.40. The van der Waals surface area contributed by atoms with Gasteiger partial charge in [0.2, 0.25) is 0 Å². The highest BCUT2D eigenvalue weighted by atomic mass is 16.1. The molecule has 0 saturated heterocycles. The van der Waals surface area contributed by atoms with Crippen LogP contribution in [0.2, 0.25) is 0 Å². The van der Waals surface area contributed by atoms with Gasteiger partial charge in [0.05, 0.1) is 6.33 Å². The number of hydrogen-bond donors (Lipinski definition) is 3. The number of nitrogens with zero attached hydrogens (tertiary/aromatic N) is 1.